The second-order valence-corrected chi connectivity index (χ2v) is 8.37. The van der Waals surface area contributed by atoms with Crippen LogP contribution >= 0.6 is 0 Å². The summed E-state index contributed by atoms with van der Waals surface area (Å²) >= 11 is 0. The van der Waals surface area contributed by atoms with Crippen LogP contribution < -0.4 is 10.6 Å². The lowest BCUT2D eigenvalue weighted by Gasteiger charge is -2.16. The van der Waals surface area contributed by atoms with Gasteiger partial charge in [-0.3, -0.25) is 4.68 Å². The molecule has 0 aromatic carbocycles. The van der Waals surface area contributed by atoms with Crippen LogP contribution in [0.15, 0.2) is 4.99 Å². The minimum absolute atomic E-state index is 0.0574. The molecule has 2 N–H and O–H groups in total. The molecule has 1 fully saturated rings. The van der Waals surface area contributed by atoms with Crippen molar-refractivity contribution in [3.05, 3.63) is 17.0 Å². The molecule has 2 heterocycles. The number of sulfone groups is 1. The number of aliphatic imine (C=N–C) groups is 1. The van der Waals surface area contributed by atoms with Gasteiger partial charge in [-0.25, -0.2) is 13.4 Å². The molecule has 136 valence electrons. The summed E-state index contributed by atoms with van der Waals surface area (Å²) in [6.45, 7) is 7.51. The molecule has 0 bridgehead atoms. The molecule has 0 amide bonds. The number of guanidine groups is 1. The third-order valence-corrected chi connectivity index (χ3v) is 6.11. The van der Waals surface area contributed by atoms with E-state index in [4.69, 9.17) is 0 Å². The Hall–Kier alpha value is -1.57. The van der Waals surface area contributed by atoms with E-state index in [9.17, 15) is 8.42 Å². The Kier molecular flexibility index (Phi) is 6.26. The van der Waals surface area contributed by atoms with E-state index in [0.717, 1.165) is 25.1 Å². The van der Waals surface area contributed by atoms with Gasteiger partial charge in [-0.2, -0.15) is 5.10 Å². The average Bonchev–Trinajstić information content (AvgIpc) is 3.03. The van der Waals surface area contributed by atoms with Crippen LogP contribution in [-0.2, 0) is 36.3 Å². The van der Waals surface area contributed by atoms with E-state index >= 15 is 0 Å². The van der Waals surface area contributed by atoms with Crippen LogP contribution in [0.2, 0.25) is 0 Å². The quantitative estimate of drug-likeness (QED) is 0.582. The van der Waals surface area contributed by atoms with Gasteiger partial charge in [0.25, 0.3) is 0 Å². The number of aryl methyl sites for hydroxylation is 2. The van der Waals surface area contributed by atoms with E-state index in [1.54, 1.807) is 0 Å². The Morgan fingerprint density at radius 2 is 2.08 bits per heavy atom. The first-order chi connectivity index (χ1) is 11.4. The Bertz CT molecular complexity index is 694. The smallest absolute Gasteiger partial charge is 0.191 e. The Labute approximate surface area is 144 Å². The fourth-order valence-corrected chi connectivity index (χ4v) is 4.83. The van der Waals surface area contributed by atoms with E-state index in [-0.39, 0.29) is 17.5 Å². The molecular weight excluding hydrogens is 326 g/mol. The molecule has 24 heavy (non-hydrogen) atoms. The molecule has 0 spiro atoms. The summed E-state index contributed by atoms with van der Waals surface area (Å²) in [5.74, 6) is 1.12. The van der Waals surface area contributed by atoms with Crippen molar-refractivity contribution < 1.29 is 8.42 Å². The lowest BCUT2D eigenvalue weighted by Crippen LogP contribution is -2.44. The highest BCUT2D eigenvalue weighted by molar-refractivity contribution is 7.91. The maximum absolute atomic E-state index is 11.6. The number of hydrogen-bond donors (Lipinski definition) is 2. The topological polar surface area (TPSA) is 88.4 Å². The summed E-state index contributed by atoms with van der Waals surface area (Å²) < 4.78 is 25.2. The van der Waals surface area contributed by atoms with Crippen molar-refractivity contribution in [1.82, 2.24) is 20.4 Å². The summed E-state index contributed by atoms with van der Waals surface area (Å²) in [5, 5.41) is 11.0. The van der Waals surface area contributed by atoms with Crippen molar-refractivity contribution in [2.75, 3.05) is 18.1 Å². The third-order valence-electron chi connectivity index (χ3n) is 4.34. The highest BCUT2D eigenvalue weighted by atomic mass is 32.2. The summed E-state index contributed by atoms with van der Waals surface area (Å²) in [7, 11) is -0.929. The fourth-order valence-electron chi connectivity index (χ4n) is 3.15. The molecule has 1 saturated heterocycles. The molecular formula is C16H29N5O2S. The highest BCUT2D eigenvalue weighted by Crippen LogP contribution is 2.17. The summed E-state index contributed by atoms with van der Waals surface area (Å²) in [5.41, 5.74) is 3.46. The third kappa shape index (κ3) is 4.49. The van der Waals surface area contributed by atoms with E-state index in [2.05, 4.69) is 34.6 Å². The van der Waals surface area contributed by atoms with Gasteiger partial charge >= 0.3 is 0 Å². The van der Waals surface area contributed by atoms with Crippen LogP contribution in [0.4, 0.5) is 0 Å². The van der Waals surface area contributed by atoms with Crippen LogP contribution in [0.1, 0.15) is 44.1 Å². The van der Waals surface area contributed by atoms with Gasteiger partial charge in [0.15, 0.2) is 15.8 Å². The number of aromatic nitrogens is 2. The lowest BCUT2D eigenvalue weighted by atomic mass is 10.1. The zero-order chi connectivity index (χ0) is 17.7. The van der Waals surface area contributed by atoms with Gasteiger partial charge < -0.3 is 10.6 Å². The normalized spacial score (nSPS) is 20.3. The molecule has 1 atom stereocenters. The Balaban J connectivity index is 2.14. The first-order valence-corrected chi connectivity index (χ1v) is 10.5. The molecule has 1 aromatic rings. The minimum atomic E-state index is -2.90. The van der Waals surface area contributed by atoms with E-state index in [1.807, 2.05) is 18.7 Å². The Morgan fingerprint density at radius 1 is 1.33 bits per heavy atom. The molecule has 1 aliphatic rings. The van der Waals surface area contributed by atoms with Crippen molar-refractivity contribution >= 4 is 15.8 Å². The molecule has 1 unspecified atom stereocenters. The van der Waals surface area contributed by atoms with Gasteiger partial charge in [-0.1, -0.05) is 13.8 Å². The fraction of sp³-hybridized carbons (Fsp3) is 0.750. The second kappa shape index (κ2) is 8.00. The molecule has 0 radical (unpaired) electrons. The molecule has 1 aromatic heterocycles. The van der Waals surface area contributed by atoms with Gasteiger partial charge in [-0.15, -0.1) is 0 Å². The maximum atomic E-state index is 11.6. The first kappa shape index (κ1) is 18.8. The summed E-state index contributed by atoms with van der Waals surface area (Å²) in [6.07, 6.45) is 2.43. The standard InChI is InChI=1S/C16H29N5O2S/c1-5-14-13(15(6-2)21(4)20-14)10-18-16(17-7-3)19-12-8-9-24(22,23)11-12/h12H,5-11H2,1-4H3,(H2,17,18,19). The largest absolute Gasteiger partial charge is 0.357 e. The first-order valence-electron chi connectivity index (χ1n) is 8.69. The van der Waals surface area contributed by atoms with Gasteiger partial charge in [0.2, 0.25) is 0 Å². The minimum Gasteiger partial charge on any atom is -0.357 e. The van der Waals surface area contributed by atoms with Gasteiger partial charge in [0.05, 0.1) is 23.7 Å². The van der Waals surface area contributed by atoms with Crippen molar-refractivity contribution in [1.29, 1.82) is 0 Å². The molecule has 2 rings (SSSR count). The monoisotopic (exact) mass is 355 g/mol. The van der Waals surface area contributed by atoms with E-state index < -0.39 is 9.84 Å². The molecule has 8 heteroatoms. The van der Waals surface area contributed by atoms with Crippen molar-refractivity contribution in [2.24, 2.45) is 12.0 Å². The zero-order valence-electron chi connectivity index (χ0n) is 15.1. The SMILES string of the molecule is CCNC(=NCc1c(CC)nn(C)c1CC)NC1CCS(=O)(=O)C1. The summed E-state index contributed by atoms with van der Waals surface area (Å²) in [6, 6.07) is -0.0574. The number of rotatable bonds is 6. The Morgan fingerprint density at radius 3 is 2.62 bits per heavy atom. The van der Waals surface area contributed by atoms with Crippen LogP contribution in [0.3, 0.4) is 0 Å². The second-order valence-electron chi connectivity index (χ2n) is 6.14. The van der Waals surface area contributed by atoms with Crippen molar-refractivity contribution in [3.8, 4) is 0 Å². The van der Waals surface area contributed by atoms with Crippen LogP contribution in [0.5, 0.6) is 0 Å². The summed E-state index contributed by atoms with van der Waals surface area (Å²) in [4.78, 5) is 4.67. The van der Waals surface area contributed by atoms with Crippen molar-refractivity contribution in [3.63, 3.8) is 0 Å². The van der Waals surface area contributed by atoms with Crippen molar-refractivity contribution in [2.45, 2.75) is 52.6 Å². The maximum Gasteiger partial charge on any atom is 0.191 e. The van der Waals surface area contributed by atoms with Gasteiger partial charge in [0, 0.05) is 30.9 Å². The molecule has 7 nitrogen and oxygen atoms in total. The lowest BCUT2D eigenvalue weighted by molar-refractivity contribution is 0.599. The van der Waals surface area contributed by atoms with Gasteiger partial charge in [-0.05, 0) is 26.2 Å². The highest BCUT2D eigenvalue weighted by Gasteiger charge is 2.28. The molecule has 0 saturated carbocycles. The predicted molar refractivity (Wildman–Crippen MR) is 97.0 cm³/mol. The predicted octanol–water partition coefficient (Wildman–Crippen LogP) is 0.787. The number of nitrogens with one attached hydrogen (secondary N) is 2. The average molecular weight is 356 g/mol. The van der Waals surface area contributed by atoms with E-state index in [0.29, 0.717) is 18.9 Å². The van der Waals surface area contributed by atoms with Crippen LogP contribution in [0, 0.1) is 0 Å². The zero-order valence-corrected chi connectivity index (χ0v) is 15.9. The van der Waals surface area contributed by atoms with Crippen LogP contribution in [0.25, 0.3) is 0 Å². The number of hydrogen-bond acceptors (Lipinski definition) is 4. The van der Waals surface area contributed by atoms with Gasteiger partial charge in [0.1, 0.15) is 0 Å². The number of nitrogens with zero attached hydrogens (tertiary/aromatic N) is 3. The van der Waals surface area contributed by atoms with E-state index in [1.165, 1.54) is 11.3 Å². The van der Waals surface area contributed by atoms with Crippen LogP contribution in [-0.4, -0.2) is 48.3 Å². The molecule has 0 aliphatic carbocycles. The molecule has 1 aliphatic heterocycles.